The fourth-order valence-corrected chi connectivity index (χ4v) is 3.37. The van der Waals surface area contributed by atoms with Crippen molar-refractivity contribution in [1.29, 1.82) is 0 Å². The van der Waals surface area contributed by atoms with Crippen LogP contribution >= 0.6 is 11.8 Å². The number of amides is 2. The second-order valence-electron chi connectivity index (χ2n) is 4.49. The molecule has 1 aliphatic carbocycles. The fraction of sp³-hybridized carbons (Fsp3) is 0.833. The van der Waals surface area contributed by atoms with Gasteiger partial charge in [-0.25, -0.2) is 0 Å². The van der Waals surface area contributed by atoms with E-state index in [0.717, 1.165) is 25.0 Å². The second-order valence-corrected chi connectivity index (χ2v) is 6.07. The first-order valence-electron chi connectivity index (χ1n) is 6.53. The summed E-state index contributed by atoms with van der Waals surface area (Å²) in [4.78, 5) is 22.5. The smallest absolute Gasteiger partial charge is 0.239 e. The van der Waals surface area contributed by atoms with Gasteiger partial charge in [0.1, 0.15) is 0 Å². The predicted molar refractivity (Wildman–Crippen MR) is 74.4 cm³/mol. The number of thioether (sulfide) groups is 1. The molecule has 0 aromatic rings. The van der Waals surface area contributed by atoms with Crippen molar-refractivity contribution in [2.24, 2.45) is 5.73 Å². The first-order chi connectivity index (χ1) is 8.65. The molecule has 1 aliphatic rings. The molecule has 1 saturated carbocycles. The molecular formula is C12H23N3O2S. The summed E-state index contributed by atoms with van der Waals surface area (Å²) >= 11 is 1.97. The summed E-state index contributed by atoms with van der Waals surface area (Å²) in [7, 11) is 0. The minimum absolute atomic E-state index is 0.0259. The van der Waals surface area contributed by atoms with Crippen molar-refractivity contribution in [2.75, 3.05) is 18.8 Å². The number of carbonyl (C=O) groups is 2. The molecule has 1 rings (SSSR count). The summed E-state index contributed by atoms with van der Waals surface area (Å²) in [5, 5.41) is 6.12. The van der Waals surface area contributed by atoms with E-state index in [2.05, 4.69) is 17.6 Å². The molecule has 0 radical (unpaired) electrons. The third-order valence-corrected chi connectivity index (χ3v) is 4.26. The Morgan fingerprint density at radius 1 is 1.33 bits per heavy atom. The molecule has 0 bridgehead atoms. The summed E-state index contributed by atoms with van der Waals surface area (Å²) in [5.74, 6) is 0.704. The summed E-state index contributed by atoms with van der Waals surface area (Å²) in [6.45, 7) is 2.11. The molecular weight excluding hydrogens is 250 g/mol. The van der Waals surface area contributed by atoms with Crippen LogP contribution in [0.2, 0.25) is 0 Å². The van der Waals surface area contributed by atoms with Crippen LogP contribution in [-0.4, -0.2) is 41.9 Å². The van der Waals surface area contributed by atoms with E-state index >= 15 is 0 Å². The van der Waals surface area contributed by atoms with Gasteiger partial charge in [0, 0.05) is 11.3 Å². The molecule has 0 aromatic carbocycles. The maximum atomic E-state index is 11.6. The zero-order chi connectivity index (χ0) is 13.4. The van der Waals surface area contributed by atoms with E-state index in [1.165, 1.54) is 6.42 Å². The molecule has 0 aliphatic heterocycles. The Balaban J connectivity index is 2.24. The highest BCUT2D eigenvalue weighted by Gasteiger charge is 2.22. The highest BCUT2D eigenvalue weighted by atomic mass is 32.2. The summed E-state index contributed by atoms with van der Waals surface area (Å²) < 4.78 is 0. The van der Waals surface area contributed by atoms with Crippen molar-refractivity contribution in [3.63, 3.8) is 0 Å². The van der Waals surface area contributed by atoms with E-state index in [1.54, 1.807) is 0 Å². The van der Waals surface area contributed by atoms with E-state index < -0.39 is 0 Å². The zero-order valence-corrected chi connectivity index (χ0v) is 11.7. The second kappa shape index (κ2) is 8.37. The van der Waals surface area contributed by atoms with Crippen molar-refractivity contribution in [3.8, 4) is 0 Å². The lowest BCUT2D eigenvalue weighted by Gasteiger charge is -2.29. The average molecular weight is 273 g/mol. The van der Waals surface area contributed by atoms with Crippen LogP contribution in [0.15, 0.2) is 0 Å². The minimum Gasteiger partial charge on any atom is -0.352 e. The number of carbonyl (C=O) groups excluding carboxylic acids is 2. The largest absolute Gasteiger partial charge is 0.352 e. The third-order valence-electron chi connectivity index (χ3n) is 3.03. The molecule has 104 valence electrons. The van der Waals surface area contributed by atoms with E-state index in [4.69, 9.17) is 5.73 Å². The first-order valence-corrected chi connectivity index (χ1v) is 7.58. The molecule has 5 nitrogen and oxygen atoms in total. The number of nitrogens with two attached hydrogens (primary N) is 1. The van der Waals surface area contributed by atoms with E-state index in [-0.39, 0.29) is 30.9 Å². The van der Waals surface area contributed by atoms with Crippen molar-refractivity contribution >= 4 is 23.6 Å². The SMILES string of the molecule is CCSC1CCCC(NC(=O)CNC(=O)CN)C1. The molecule has 2 unspecified atom stereocenters. The van der Waals surface area contributed by atoms with Crippen molar-refractivity contribution in [3.05, 3.63) is 0 Å². The fourth-order valence-electron chi connectivity index (χ4n) is 2.19. The maximum Gasteiger partial charge on any atom is 0.239 e. The molecule has 2 atom stereocenters. The number of hydrogen-bond donors (Lipinski definition) is 3. The van der Waals surface area contributed by atoms with Crippen LogP contribution in [0.4, 0.5) is 0 Å². The van der Waals surface area contributed by atoms with Crippen LogP contribution in [0, 0.1) is 0 Å². The Kier molecular flexibility index (Phi) is 7.12. The Morgan fingerprint density at radius 3 is 2.78 bits per heavy atom. The van der Waals surface area contributed by atoms with Gasteiger partial charge in [-0.3, -0.25) is 9.59 Å². The molecule has 4 N–H and O–H groups in total. The number of hydrogen-bond acceptors (Lipinski definition) is 4. The molecule has 0 heterocycles. The maximum absolute atomic E-state index is 11.6. The third kappa shape index (κ3) is 5.73. The molecule has 0 spiro atoms. The molecule has 6 heteroatoms. The number of nitrogens with one attached hydrogen (secondary N) is 2. The lowest BCUT2D eigenvalue weighted by Crippen LogP contribution is -2.45. The molecule has 0 aromatic heterocycles. The van der Waals surface area contributed by atoms with Gasteiger partial charge in [0.05, 0.1) is 13.1 Å². The highest BCUT2D eigenvalue weighted by molar-refractivity contribution is 7.99. The summed E-state index contributed by atoms with van der Waals surface area (Å²) in [5.41, 5.74) is 5.15. The van der Waals surface area contributed by atoms with E-state index in [9.17, 15) is 9.59 Å². The minimum atomic E-state index is -0.298. The van der Waals surface area contributed by atoms with Crippen molar-refractivity contribution in [1.82, 2.24) is 10.6 Å². The van der Waals surface area contributed by atoms with Gasteiger partial charge in [-0.1, -0.05) is 13.3 Å². The zero-order valence-electron chi connectivity index (χ0n) is 10.9. The van der Waals surface area contributed by atoms with Gasteiger partial charge in [-0.15, -0.1) is 0 Å². The molecule has 0 saturated heterocycles. The Morgan fingerprint density at radius 2 is 2.11 bits per heavy atom. The van der Waals surface area contributed by atoms with Crippen LogP contribution in [-0.2, 0) is 9.59 Å². The van der Waals surface area contributed by atoms with Crippen molar-refractivity contribution < 1.29 is 9.59 Å². The quantitative estimate of drug-likeness (QED) is 0.647. The van der Waals surface area contributed by atoms with Crippen LogP contribution in [0.1, 0.15) is 32.6 Å². The van der Waals surface area contributed by atoms with Gasteiger partial charge in [-0.05, 0) is 25.0 Å². The van der Waals surface area contributed by atoms with Crippen LogP contribution in [0.25, 0.3) is 0 Å². The van der Waals surface area contributed by atoms with Crippen LogP contribution in [0.5, 0.6) is 0 Å². The van der Waals surface area contributed by atoms with Crippen LogP contribution < -0.4 is 16.4 Å². The highest BCUT2D eigenvalue weighted by Crippen LogP contribution is 2.28. The van der Waals surface area contributed by atoms with Crippen molar-refractivity contribution in [2.45, 2.75) is 43.9 Å². The molecule has 1 fully saturated rings. The van der Waals surface area contributed by atoms with E-state index in [0.29, 0.717) is 5.25 Å². The van der Waals surface area contributed by atoms with E-state index in [1.807, 2.05) is 11.8 Å². The average Bonchev–Trinajstić information content (AvgIpc) is 2.37. The molecule has 2 amide bonds. The number of rotatable bonds is 6. The van der Waals surface area contributed by atoms with Gasteiger partial charge < -0.3 is 16.4 Å². The Hall–Kier alpha value is -0.750. The van der Waals surface area contributed by atoms with Gasteiger partial charge in [0.25, 0.3) is 0 Å². The van der Waals surface area contributed by atoms with Crippen LogP contribution in [0.3, 0.4) is 0 Å². The Labute approximate surface area is 113 Å². The lowest BCUT2D eigenvalue weighted by atomic mass is 9.95. The first kappa shape index (κ1) is 15.3. The normalized spacial score (nSPS) is 23.4. The topological polar surface area (TPSA) is 84.2 Å². The molecule has 18 heavy (non-hydrogen) atoms. The van der Waals surface area contributed by atoms with Gasteiger partial charge in [0.15, 0.2) is 0 Å². The monoisotopic (exact) mass is 273 g/mol. The Bertz CT molecular complexity index is 284. The van der Waals surface area contributed by atoms with Gasteiger partial charge in [0.2, 0.25) is 11.8 Å². The predicted octanol–water partition coefficient (Wildman–Crippen LogP) is 0.242. The standard InChI is InChI=1S/C12H23N3O2S/c1-2-18-10-5-3-4-9(6-10)15-12(17)8-14-11(16)7-13/h9-10H,2-8,13H2,1H3,(H,14,16)(H,15,17). The summed E-state index contributed by atoms with van der Waals surface area (Å²) in [6, 6.07) is 0.255. The van der Waals surface area contributed by atoms with Gasteiger partial charge in [-0.2, -0.15) is 11.8 Å². The van der Waals surface area contributed by atoms with Gasteiger partial charge >= 0.3 is 0 Å². The lowest BCUT2D eigenvalue weighted by molar-refractivity contribution is -0.125. The summed E-state index contributed by atoms with van der Waals surface area (Å²) in [6.07, 6.45) is 4.49.